The molecule has 2 saturated heterocycles. The van der Waals surface area contributed by atoms with Gasteiger partial charge >= 0.3 is 0 Å². The third-order valence-corrected chi connectivity index (χ3v) is 6.60. The molecule has 166 valence electrons. The number of pyridine rings is 1. The quantitative estimate of drug-likeness (QED) is 0.614. The van der Waals surface area contributed by atoms with E-state index in [0.29, 0.717) is 28.5 Å². The number of anilines is 3. The molecule has 1 aromatic heterocycles. The summed E-state index contributed by atoms with van der Waals surface area (Å²) in [5.74, 6) is 1.01. The van der Waals surface area contributed by atoms with Crippen molar-refractivity contribution in [3.8, 4) is 0 Å². The summed E-state index contributed by atoms with van der Waals surface area (Å²) in [6.07, 6.45) is 5.44. The van der Waals surface area contributed by atoms with Crippen LogP contribution in [0.25, 0.3) is 0 Å². The van der Waals surface area contributed by atoms with E-state index in [1.807, 2.05) is 29.2 Å². The number of likely N-dealkylation sites (tertiary alicyclic amines) is 2. The number of carbonyl (C=O) groups excluding carboxylic acids is 1. The number of halogens is 1. The lowest BCUT2D eigenvalue weighted by atomic mass is 9.93. The van der Waals surface area contributed by atoms with Crippen LogP contribution in [0.3, 0.4) is 0 Å². The zero-order valence-corrected chi connectivity index (χ0v) is 18.5. The van der Waals surface area contributed by atoms with Crippen molar-refractivity contribution in [2.24, 2.45) is 5.92 Å². The lowest BCUT2D eigenvalue weighted by Crippen LogP contribution is -2.47. The van der Waals surface area contributed by atoms with Crippen LogP contribution in [0.5, 0.6) is 0 Å². The molecule has 3 heterocycles. The fraction of sp³-hybridized carbons (Fsp3) is 0.478. The van der Waals surface area contributed by atoms with Gasteiger partial charge in [-0.15, -0.1) is 0 Å². The van der Waals surface area contributed by atoms with Crippen molar-refractivity contribution in [3.05, 3.63) is 47.1 Å². The molecule has 0 spiro atoms. The van der Waals surface area contributed by atoms with E-state index in [0.717, 1.165) is 64.1 Å². The van der Waals surface area contributed by atoms with Gasteiger partial charge in [0.25, 0.3) is 0 Å². The number of nitrogen functional groups attached to an aromatic ring is 2. The molecule has 0 aliphatic carbocycles. The number of benzene rings is 1. The predicted molar refractivity (Wildman–Crippen MR) is 126 cm³/mol. The SMILES string of the molecule is Nc1cc(CN2CCC(C(=O)N3CCC(Nc4ccc(Cl)cc4N)CC3)CC2)ccn1. The van der Waals surface area contributed by atoms with E-state index in [9.17, 15) is 4.79 Å². The van der Waals surface area contributed by atoms with Crippen molar-refractivity contribution in [1.29, 1.82) is 0 Å². The van der Waals surface area contributed by atoms with Crippen LogP contribution >= 0.6 is 11.6 Å². The Bertz CT molecular complexity index is 907. The molecule has 4 rings (SSSR count). The maximum atomic E-state index is 13.0. The zero-order chi connectivity index (χ0) is 21.8. The minimum absolute atomic E-state index is 0.134. The molecule has 1 aromatic carbocycles. The molecular formula is C23H31ClN6O. The molecule has 0 bridgehead atoms. The maximum Gasteiger partial charge on any atom is 0.225 e. The molecule has 31 heavy (non-hydrogen) atoms. The highest BCUT2D eigenvalue weighted by Gasteiger charge is 2.31. The summed E-state index contributed by atoms with van der Waals surface area (Å²) >= 11 is 5.98. The highest BCUT2D eigenvalue weighted by atomic mass is 35.5. The first-order chi connectivity index (χ1) is 15.0. The van der Waals surface area contributed by atoms with Gasteiger partial charge in [0.15, 0.2) is 0 Å². The number of piperidine rings is 2. The zero-order valence-electron chi connectivity index (χ0n) is 17.8. The topological polar surface area (TPSA) is 101 Å². The Morgan fingerprint density at radius 3 is 2.48 bits per heavy atom. The van der Waals surface area contributed by atoms with Crippen molar-refractivity contribution >= 4 is 34.7 Å². The number of aromatic nitrogens is 1. The summed E-state index contributed by atoms with van der Waals surface area (Å²) < 4.78 is 0. The third kappa shape index (κ3) is 5.60. The van der Waals surface area contributed by atoms with Crippen molar-refractivity contribution < 1.29 is 4.79 Å². The lowest BCUT2D eigenvalue weighted by molar-refractivity contribution is -0.138. The van der Waals surface area contributed by atoms with Crippen LogP contribution in [0, 0.1) is 5.92 Å². The van der Waals surface area contributed by atoms with Gasteiger partial charge in [0, 0.05) is 42.8 Å². The smallest absolute Gasteiger partial charge is 0.225 e. The number of hydrogen-bond acceptors (Lipinski definition) is 6. The van der Waals surface area contributed by atoms with Gasteiger partial charge in [0.05, 0.1) is 11.4 Å². The van der Waals surface area contributed by atoms with Gasteiger partial charge in [0.1, 0.15) is 5.82 Å². The Morgan fingerprint density at radius 2 is 1.81 bits per heavy atom. The van der Waals surface area contributed by atoms with Crippen LogP contribution in [-0.4, -0.2) is 52.9 Å². The van der Waals surface area contributed by atoms with Crippen LogP contribution in [0.2, 0.25) is 5.02 Å². The predicted octanol–water partition coefficient (Wildman–Crippen LogP) is 3.21. The average molecular weight is 443 g/mol. The standard InChI is InChI=1S/C23H31ClN6O/c24-18-1-2-21(20(25)14-18)28-19-6-11-30(12-7-19)23(31)17-4-9-29(10-5-17)15-16-3-8-27-22(26)13-16/h1-3,8,13-14,17,19,28H,4-7,9-12,15,25H2,(H2,26,27). The molecule has 2 fully saturated rings. The maximum absolute atomic E-state index is 13.0. The molecule has 0 radical (unpaired) electrons. The molecule has 0 atom stereocenters. The van der Waals surface area contributed by atoms with E-state index < -0.39 is 0 Å². The molecule has 2 aliphatic heterocycles. The third-order valence-electron chi connectivity index (χ3n) is 6.37. The van der Waals surface area contributed by atoms with Gasteiger partial charge < -0.3 is 21.7 Å². The fourth-order valence-electron chi connectivity index (χ4n) is 4.58. The van der Waals surface area contributed by atoms with E-state index in [2.05, 4.69) is 15.2 Å². The second-order valence-corrected chi connectivity index (χ2v) is 9.05. The Morgan fingerprint density at radius 1 is 1.06 bits per heavy atom. The molecule has 0 saturated carbocycles. The highest BCUT2D eigenvalue weighted by molar-refractivity contribution is 6.31. The van der Waals surface area contributed by atoms with Gasteiger partial charge in [-0.1, -0.05) is 11.6 Å². The summed E-state index contributed by atoms with van der Waals surface area (Å²) in [5, 5.41) is 4.14. The molecule has 2 aromatic rings. The Kier molecular flexibility index (Phi) is 6.83. The van der Waals surface area contributed by atoms with E-state index in [1.165, 1.54) is 5.56 Å². The molecule has 5 N–H and O–H groups in total. The van der Waals surface area contributed by atoms with Crippen LogP contribution in [0.15, 0.2) is 36.5 Å². The highest BCUT2D eigenvalue weighted by Crippen LogP contribution is 2.27. The van der Waals surface area contributed by atoms with Crippen molar-refractivity contribution in [2.45, 2.75) is 38.3 Å². The van der Waals surface area contributed by atoms with Crippen LogP contribution in [0.4, 0.5) is 17.2 Å². The number of carbonyl (C=O) groups is 1. The molecule has 2 aliphatic rings. The van der Waals surface area contributed by atoms with Gasteiger partial charge in [-0.25, -0.2) is 4.98 Å². The first kappa shape index (κ1) is 21.7. The number of nitrogens with two attached hydrogens (primary N) is 2. The molecule has 1 amide bonds. The number of hydrogen-bond donors (Lipinski definition) is 3. The van der Waals surface area contributed by atoms with Gasteiger partial charge in [-0.3, -0.25) is 9.69 Å². The summed E-state index contributed by atoms with van der Waals surface area (Å²) in [5.41, 5.74) is 14.6. The van der Waals surface area contributed by atoms with E-state index in [-0.39, 0.29) is 5.92 Å². The lowest BCUT2D eigenvalue weighted by Gasteiger charge is -2.37. The average Bonchev–Trinajstić information content (AvgIpc) is 2.76. The van der Waals surface area contributed by atoms with E-state index in [1.54, 1.807) is 12.3 Å². The summed E-state index contributed by atoms with van der Waals surface area (Å²) in [6, 6.07) is 9.77. The van der Waals surface area contributed by atoms with Crippen molar-refractivity contribution in [3.63, 3.8) is 0 Å². The monoisotopic (exact) mass is 442 g/mol. The van der Waals surface area contributed by atoms with Crippen molar-refractivity contribution in [1.82, 2.24) is 14.8 Å². The first-order valence-electron chi connectivity index (χ1n) is 11.0. The molecule has 0 unspecified atom stereocenters. The van der Waals surface area contributed by atoms with Gasteiger partial charge in [-0.2, -0.15) is 0 Å². The van der Waals surface area contributed by atoms with Gasteiger partial charge in [0.2, 0.25) is 5.91 Å². The summed E-state index contributed by atoms with van der Waals surface area (Å²) in [6.45, 7) is 4.32. The summed E-state index contributed by atoms with van der Waals surface area (Å²) in [7, 11) is 0. The minimum atomic E-state index is 0.134. The second-order valence-electron chi connectivity index (χ2n) is 8.61. The molecular weight excluding hydrogens is 412 g/mol. The molecule has 7 nitrogen and oxygen atoms in total. The molecule has 8 heteroatoms. The largest absolute Gasteiger partial charge is 0.397 e. The van der Waals surface area contributed by atoms with E-state index >= 15 is 0 Å². The van der Waals surface area contributed by atoms with Crippen molar-refractivity contribution in [2.75, 3.05) is 43.0 Å². The Hall–Kier alpha value is -2.51. The second kappa shape index (κ2) is 9.75. The number of rotatable bonds is 5. The van der Waals surface area contributed by atoms with Crippen LogP contribution < -0.4 is 16.8 Å². The Labute approximate surface area is 188 Å². The Balaban J connectivity index is 1.22. The van der Waals surface area contributed by atoms with E-state index in [4.69, 9.17) is 23.1 Å². The van der Waals surface area contributed by atoms with Crippen LogP contribution in [-0.2, 0) is 11.3 Å². The van der Waals surface area contributed by atoms with Crippen LogP contribution in [0.1, 0.15) is 31.2 Å². The number of amides is 1. The van der Waals surface area contributed by atoms with Gasteiger partial charge in [-0.05, 0) is 74.7 Å². The first-order valence-corrected chi connectivity index (χ1v) is 11.4. The normalized spacial score (nSPS) is 18.8. The number of nitrogens with zero attached hydrogens (tertiary/aromatic N) is 3. The fourth-order valence-corrected chi connectivity index (χ4v) is 4.76. The minimum Gasteiger partial charge on any atom is -0.397 e. The summed E-state index contributed by atoms with van der Waals surface area (Å²) in [4.78, 5) is 21.5. The number of nitrogens with one attached hydrogen (secondary N) is 1.